The summed E-state index contributed by atoms with van der Waals surface area (Å²) in [6, 6.07) is 20.2. The second-order valence-electron chi connectivity index (χ2n) is 8.74. The molecule has 3 aromatic carbocycles. The second-order valence-corrected chi connectivity index (χ2v) is 8.74. The Hall–Kier alpha value is -3.67. The fourth-order valence-corrected chi connectivity index (χ4v) is 4.96. The molecule has 1 unspecified atom stereocenters. The van der Waals surface area contributed by atoms with E-state index < -0.39 is 0 Å². The number of nitrogens with zero attached hydrogens (tertiary/aromatic N) is 1. The number of rotatable bonds is 5. The standard InChI is InChI=1S/C27H25NO5/c29-27(21-10-9-19-4-1-2-5-20(19)13-21)28(14-18-8-11-23-25(12-18)32-16-30-23)15-22-6-3-7-24-26(22)33-17-31-24/h1-8,11-12,21H,9-10,13-17H2. The van der Waals surface area contributed by atoms with Crippen LogP contribution in [0.1, 0.15) is 28.7 Å². The molecule has 2 heterocycles. The first kappa shape index (κ1) is 20.0. The molecule has 2 aliphatic heterocycles. The predicted molar refractivity (Wildman–Crippen MR) is 121 cm³/mol. The molecule has 0 aromatic heterocycles. The number of para-hydroxylation sites is 1. The molecule has 0 fully saturated rings. The summed E-state index contributed by atoms with van der Waals surface area (Å²) in [6.45, 7) is 1.38. The minimum Gasteiger partial charge on any atom is -0.454 e. The molecule has 1 amide bonds. The van der Waals surface area contributed by atoms with Crippen LogP contribution < -0.4 is 18.9 Å². The molecule has 168 valence electrons. The van der Waals surface area contributed by atoms with Gasteiger partial charge in [-0.2, -0.15) is 0 Å². The van der Waals surface area contributed by atoms with Crippen LogP contribution in [0.2, 0.25) is 0 Å². The topological polar surface area (TPSA) is 57.2 Å². The highest BCUT2D eigenvalue weighted by Crippen LogP contribution is 2.37. The SMILES string of the molecule is O=C(C1CCc2ccccc2C1)N(Cc1ccc2c(c1)OCO2)Cc1cccc2c1OCO2. The maximum absolute atomic E-state index is 13.8. The lowest BCUT2D eigenvalue weighted by Gasteiger charge is -2.31. The van der Waals surface area contributed by atoms with E-state index in [9.17, 15) is 4.79 Å². The molecule has 6 nitrogen and oxygen atoms in total. The summed E-state index contributed by atoms with van der Waals surface area (Å²) in [5.41, 5.74) is 4.60. The van der Waals surface area contributed by atoms with Gasteiger partial charge in [-0.1, -0.05) is 42.5 Å². The Balaban J connectivity index is 1.29. The fraction of sp³-hybridized carbons (Fsp3) is 0.296. The number of benzene rings is 3. The highest BCUT2D eigenvalue weighted by molar-refractivity contribution is 5.80. The van der Waals surface area contributed by atoms with Crippen molar-refractivity contribution in [2.75, 3.05) is 13.6 Å². The Kier molecular flexibility index (Phi) is 5.06. The molecule has 0 N–H and O–H groups in total. The average Bonchev–Trinajstić information content (AvgIpc) is 3.52. The van der Waals surface area contributed by atoms with Crippen LogP contribution in [0.15, 0.2) is 60.7 Å². The Labute approximate surface area is 192 Å². The summed E-state index contributed by atoms with van der Waals surface area (Å²) in [4.78, 5) is 15.8. The number of carbonyl (C=O) groups is 1. The van der Waals surface area contributed by atoms with E-state index >= 15 is 0 Å². The van der Waals surface area contributed by atoms with Crippen molar-refractivity contribution in [2.24, 2.45) is 5.92 Å². The Morgan fingerprint density at radius 1 is 0.818 bits per heavy atom. The zero-order valence-electron chi connectivity index (χ0n) is 18.3. The van der Waals surface area contributed by atoms with E-state index in [4.69, 9.17) is 18.9 Å². The maximum atomic E-state index is 13.8. The van der Waals surface area contributed by atoms with Gasteiger partial charge in [-0.3, -0.25) is 4.79 Å². The maximum Gasteiger partial charge on any atom is 0.231 e. The van der Waals surface area contributed by atoms with Gasteiger partial charge >= 0.3 is 0 Å². The molecule has 6 rings (SSSR count). The summed E-state index contributed by atoms with van der Waals surface area (Å²) in [5, 5.41) is 0. The van der Waals surface area contributed by atoms with Crippen molar-refractivity contribution in [1.29, 1.82) is 0 Å². The van der Waals surface area contributed by atoms with Crippen LogP contribution in [0.4, 0.5) is 0 Å². The van der Waals surface area contributed by atoms with Gasteiger partial charge in [0.25, 0.3) is 0 Å². The number of ether oxygens (including phenoxy) is 4. The number of fused-ring (bicyclic) bond motifs is 3. The van der Waals surface area contributed by atoms with Crippen molar-refractivity contribution >= 4 is 5.91 Å². The van der Waals surface area contributed by atoms with Gasteiger partial charge in [0.05, 0.1) is 0 Å². The summed E-state index contributed by atoms with van der Waals surface area (Å²) in [7, 11) is 0. The molecule has 3 aromatic rings. The van der Waals surface area contributed by atoms with Crippen molar-refractivity contribution in [3.8, 4) is 23.0 Å². The zero-order valence-corrected chi connectivity index (χ0v) is 18.3. The van der Waals surface area contributed by atoms with Crippen molar-refractivity contribution in [2.45, 2.75) is 32.4 Å². The third-order valence-electron chi connectivity index (χ3n) is 6.66. The van der Waals surface area contributed by atoms with Gasteiger partial charge in [-0.05, 0) is 54.2 Å². The van der Waals surface area contributed by atoms with E-state index in [0.29, 0.717) is 13.1 Å². The molecule has 1 atom stereocenters. The van der Waals surface area contributed by atoms with Crippen LogP contribution in [0, 0.1) is 5.92 Å². The Morgan fingerprint density at radius 2 is 1.64 bits per heavy atom. The van der Waals surface area contributed by atoms with Gasteiger partial charge in [0.15, 0.2) is 23.0 Å². The third kappa shape index (κ3) is 3.86. The first-order chi connectivity index (χ1) is 16.2. The first-order valence-electron chi connectivity index (χ1n) is 11.4. The zero-order chi connectivity index (χ0) is 22.2. The van der Waals surface area contributed by atoms with E-state index in [-0.39, 0.29) is 25.4 Å². The molecule has 0 saturated heterocycles. The molecule has 0 saturated carbocycles. The van der Waals surface area contributed by atoms with Crippen LogP contribution in [-0.4, -0.2) is 24.4 Å². The summed E-state index contributed by atoms with van der Waals surface area (Å²) < 4.78 is 22.3. The lowest BCUT2D eigenvalue weighted by molar-refractivity contribution is -0.137. The van der Waals surface area contributed by atoms with Crippen LogP contribution >= 0.6 is 0 Å². The van der Waals surface area contributed by atoms with Crippen molar-refractivity contribution < 1.29 is 23.7 Å². The van der Waals surface area contributed by atoms with Crippen molar-refractivity contribution in [1.82, 2.24) is 4.90 Å². The van der Waals surface area contributed by atoms with Crippen LogP contribution in [-0.2, 0) is 30.7 Å². The van der Waals surface area contributed by atoms with Crippen molar-refractivity contribution in [3.63, 3.8) is 0 Å². The monoisotopic (exact) mass is 443 g/mol. The van der Waals surface area contributed by atoms with E-state index in [1.54, 1.807) is 0 Å². The molecule has 33 heavy (non-hydrogen) atoms. The average molecular weight is 443 g/mol. The molecule has 6 heteroatoms. The fourth-order valence-electron chi connectivity index (χ4n) is 4.96. The third-order valence-corrected chi connectivity index (χ3v) is 6.66. The normalized spacial score (nSPS) is 17.5. The molecule has 0 radical (unpaired) electrons. The molecule has 0 bridgehead atoms. The predicted octanol–water partition coefficient (Wildman–Crippen LogP) is 4.48. The summed E-state index contributed by atoms with van der Waals surface area (Å²) in [6.07, 6.45) is 2.57. The minimum absolute atomic E-state index is 0.0390. The minimum atomic E-state index is -0.0390. The smallest absolute Gasteiger partial charge is 0.231 e. The first-order valence-corrected chi connectivity index (χ1v) is 11.4. The highest BCUT2D eigenvalue weighted by atomic mass is 16.7. The second kappa shape index (κ2) is 8.35. The quantitative estimate of drug-likeness (QED) is 0.582. The number of aryl methyl sites for hydroxylation is 1. The van der Waals surface area contributed by atoms with Gasteiger partial charge in [0.2, 0.25) is 19.5 Å². The number of hydrogen-bond acceptors (Lipinski definition) is 5. The van der Waals surface area contributed by atoms with Gasteiger partial charge in [0, 0.05) is 24.6 Å². The summed E-state index contributed by atoms with van der Waals surface area (Å²) in [5.74, 6) is 3.06. The lowest BCUT2D eigenvalue weighted by Crippen LogP contribution is -2.37. The largest absolute Gasteiger partial charge is 0.454 e. The molecular weight excluding hydrogens is 418 g/mol. The molecule has 0 spiro atoms. The van der Waals surface area contributed by atoms with Crippen LogP contribution in [0.3, 0.4) is 0 Å². The van der Waals surface area contributed by atoms with Crippen molar-refractivity contribution in [3.05, 3.63) is 82.9 Å². The van der Waals surface area contributed by atoms with Gasteiger partial charge < -0.3 is 23.8 Å². The number of amides is 1. The number of carbonyl (C=O) groups excluding carboxylic acids is 1. The van der Waals surface area contributed by atoms with Gasteiger partial charge in [-0.25, -0.2) is 0 Å². The van der Waals surface area contributed by atoms with E-state index in [1.165, 1.54) is 11.1 Å². The number of hydrogen-bond donors (Lipinski definition) is 0. The van der Waals surface area contributed by atoms with Crippen LogP contribution in [0.25, 0.3) is 0 Å². The molecular formula is C27H25NO5. The summed E-state index contributed by atoms with van der Waals surface area (Å²) >= 11 is 0. The highest BCUT2D eigenvalue weighted by Gasteiger charge is 2.30. The lowest BCUT2D eigenvalue weighted by atomic mass is 9.83. The van der Waals surface area contributed by atoms with Crippen LogP contribution in [0.5, 0.6) is 23.0 Å². The molecule has 3 aliphatic rings. The van der Waals surface area contributed by atoms with Gasteiger partial charge in [-0.15, -0.1) is 0 Å². The van der Waals surface area contributed by atoms with E-state index in [2.05, 4.69) is 24.3 Å². The van der Waals surface area contributed by atoms with E-state index in [0.717, 1.165) is 53.4 Å². The molecule has 1 aliphatic carbocycles. The Morgan fingerprint density at radius 3 is 2.58 bits per heavy atom. The Bertz CT molecular complexity index is 1210. The van der Waals surface area contributed by atoms with E-state index in [1.807, 2.05) is 41.3 Å². The van der Waals surface area contributed by atoms with Gasteiger partial charge in [0.1, 0.15) is 0 Å².